The van der Waals surface area contributed by atoms with Crippen LogP contribution in [-0.4, -0.2) is 9.97 Å². The molecule has 0 saturated heterocycles. The number of aromatic nitrogens is 2. The van der Waals surface area contributed by atoms with Gasteiger partial charge in [0, 0.05) is 0 Å². The van der Waals surface area contributed by atoms with Gasteiger partial charge < -0.3 is 5.73 Å². The lowest BCUT2D eigenvalue weighted by molar-refractivity contribution is 1.16. The van der Waals surface area contributed by atoms with Gasteiger partial charge in [-0.25, -0.2) is 9.97 Å². The van der Waals surface area contributed by atoms with Crippen molar-refractivity contribution < 1.29 is 0 Å². The highest BCUT2D eigenvalue weighted by Gasteiger charge is 1.76. The maximum Gasteiger partial charge on any atom is 0.117 e. The smallest absolute Gasteiger partial charge is 0.117 e. The van der Waals surface area contributed by atoms with Crippen LogP contribution >= 0.6 is 0 Å². The second-order valence-corrected chi connectivity index (χ2v) is 1.09. The first kappa shape index (κ1) is 4.05. The molecule has 2 N–H and O–H groups in total. The van der Waals surface area contributed by atoms with Gasteiger partial charge in [-0.2, -0.15) is 0 Å². The van der Waals surface area contributed by atoms with Crippen LogP contribution in [-0.2, 0) is 0 Å². The molecule has 0 saturated carbocycles. The average Bonchev–Trinajstić information content (AvgIpc) is 1.69. The standard InChI is InChI=1S/C4H4N3/c5-4-1-6-3-7-2-4/h1,3H,5H2. The Morgan fingerprint density at radius 1 is 1.71 bits per heavy atom. The molecule has 0 aromatic carbocycles. The van der Waals surface area contributed by atoms with Crippen LogP contribution in [0.25, 0.3) is 0 Å². The summed E-state index contributed by atoms with van der Waals surface area (Å²) >= 11 is 0. The summed E-state index contributed by atoms with van der Waals surface area (Å²) in [4.78, 5) is 7.14. The van der Waals surface area contributed by atoms with E-state index in [1.807, 2.05) is 0 Å². The highest BCUT2D eigenvalue weighted by molar-refractivity contribution is 5.27. The molecular formula is C4H4N3. The van der Waals surface area contributed by atoms with Crippen molar-refractivity contribution in [3.05, 3.63) is 18.7 Å². The van der Waals surface area contributed by atoms with E-state index in [9.17, 15) is 0 Å². The molecule has 1 aromatic heterocycles. The van der Waals surface area contributed by atoms with Gasteiger partial charge >= 0.3 is 0 Å². The molecule has 7 heavy (non-hydrogen) atoms. The molecule has 0 atom stereocenters. The van der Waals surface area contributed by atoms with Crippen LogP contribution in [0.2, 0.25) is 0 Å². The van der Waals surface area contributed by atoms with E-state index < -0.39 is 0 Å². The Balaban J connectivity index is 3.02. The Hall–Kier alpha value is -1.12. The summed E-state index contributed by atoms with van der Waals surface area (Å²) in [6, 6.07) is 0. The molecular weight excluding hydrogens is 90.1 g/mol. The van der Waals surface area contributed by atoms with Crippen molar-refractivity contribution in [2.24, 2.45) is 0 Å². The second-order valence-electron chi connectivity index (χ2n) is 1.09. The minimum atomic E-state index is 0.475. The third kappa shape index (κ3) is 0.855. The molecule has 0 bridgehead atoms. The maximum atomic E-state index is 5.18. The molecule has 1 heterocycles. The molecule has 0 amide bonds. The molecule has 1 rings (SSSR count). The van der Waals surface area contributed by atoms with Gasteiger partial charge in [0.15, 0.2) is 0 Å². The first-order valence-corrected chi connectivity index (χ1v) is 1.83. The molecule has 0 aliphatic carbocycles. The van der Waals surface area contributed by atoms with Crippen molar-refractivity contribution in [3.8, 4) is 0 Å². The zero-order chi connectivity index (χ0) is 5.11. The van der Waals surface area contributed by atoms with Crippen molar-refractivity contribution in [2.75, 3.05) is 5.73 Å². The molecule has 1 radical (unpaired) electrons. The van der Waals surface area contributed by atoms with Crippen LogP contribution in [0, 0.1) is 6.20 Å². The summed E-state index contributed by atoms with van der Waals surface area (Å²) in [6.07, 6.45) is 5.37. The summed E-state index contributed by atoms with van der Waals surface area (Å²) in [5.74, 6) is 0. The van der Waals surface area contributed by atoms with E-state index in [4.69, 9.17) is 5.73 Å². The predicted molar refractivity (Wildman–Crippen MR) is 25.3 cm³/mol. The Bertz CT molecular complexity index is 137. The zero-order valence-corrected chi connectivity index (χ0v) is 3.63. The molecule has 35 valence electrons. The van der Waals surface area contributed by atoms with Gasteiger partial charge in [-0.15, -0.1) is 0 Å². The van der Waals surface area contributed by atoms with Crippen LogP contribution in [0.1, 0.15) is 0 Å². The second kappa shape index (κ2) is 1.55. The Kier molecular flexibility index (Phi) is 0.898. The highest BCUT2D eigenvalue weighted by Crippen LogP contribution is 1.86. The molecule has 0 aliphatic heterocycles. The summed E-state index contributed by atoms with van der Waals surface area (Å²) in [5.41, 5.74) is 5.65. The van der Waals surface area contributed by atoms with E-state index in [2.05, 4.69) is 16.2 Å². The van der Waals surface area contributed by atoms with E-state index in [0.717, 1.165) is 0 Å². The van der Waals surface area contributed by atoms with Crippen LogP contribution in [0.15, 0.2) is 12.5 Å². The number of hydrogen-bond donors (Lipinski definition) is 1. The van der Waals surface area contributed by atoms with Crippen molar-refractivity contribution in [1.29, 1.82) is 0 Å². The SMILES string of the molecule is Nc1[c]ncnc1. The molecule has 3 nitrogen and oxygen atoms in total. The van der Waals surface area contributed by atoms with Crippen LogP contribution < -0.4 is 5.73 Å². The third-order valence-electron chi connectivity index (χ3n) is 0.532. The lowest BCUT2D eigenvalue weighted by atomic mass is 10.6. The van der Waals surface area contributed by atoms with Gasteiger partial charge in [-0.05, 0) is 0 Å². The Morgan fingerprint density at radius 2 is 2.57 bits per heavy atom. The minimum absolute atomic E-state index is 0.475. The van der Waals surface area contributed by atoms with E-state index in [0.29, 0.717) is 5.69 Å². The molecule has 3 heteroatoms. The van der Waals surface area contributed by atoms with Gasteiger partial charge in [0.2, 0.25) is 0 Å². The largest absolute Gasteiger partial charge is 0.396 e. The Labute approximate surface area is 41.2 Å². The summed E-state index contributed by atoms with van der Waals surface area (Å²) in [6.45, 7) is 0. The normalized spacial score (nSPS) is 8.57. The minimum Gasteiger partial charge on any atom is -0.396 e. The maximum absolute atomic E-state index is 5.18. The molecule has 0 fully saturated rings. The van der Waals surface area contributed by atoms with Crippen molar-refractivity contribution in [1.82, 2.24) is 9.97 Å². The Morgan fingerprint density at radius 3 is 2.86 bits per heavy atom. The average molecular weight is 94.1 g/mol. The van der Waals surface area contributed by atoms with Gasteiger partial charge in [-0.1, -0.05) is 0 Å². The summed E-state index contributed by atoms with van der Waals surface area (Å²) < 4.78 is 0. The van der Waals surface area contributed by atoms with E-state index >= 15 is 0 Å². The monoisotopic (exact) mass is 94.0 g/mol. The number of nitrogens with two attached hydrogens (primary N) is 1. The number of rotatable bonds is 0. The molecule has 0 unspecified atom stereocenters. The highest BCUT2D eigenvalue weighted by atomic mass is 14.8. The van der Waals surface area contributed by atoms with E-state index in [-0.39, 0.29) is 0 Å². The van der Waals surface area contributed by atoms with E-state index in [1.165, 1.54) is 12.5 Å². The molecule has 1 aromatic rings. The first-order valence-electron chi connectivity index (χ1n) is 1.83. The van der Waals surface area contributed by atoms with Crippen LogP contribution in [0.4, 0.5) is 5.69 Å². The number of hydrogen-bond acceptors (Lipinski definition) is 3. The van der Waals surface area contributed by atoms with Gasteiger partial charge in [0.1, 0.15) is 12.5 Å². The fourth-order valence-corrected chi connectivity index (χ4v) is 0.279. The van der Waals surface area contributed by atoms with Gasteiger partial charge in [-0.3, -0.25) is 0 Å². The van der Waals surface area contributed by atoms with Crippen LogP contribution in [0.3, 0.4) is 0 Å². The van der Waals surface area contributed by atoms with E-state index in [1.54, 1.807) is 0 Å². The molecule has 0 aliphatic rings. The topological polar surface area (TPSA) is 51.8 Å². The first-order chi connectivity index (χ1) is 3.39. The lowest BCUT2D eigenvalue weighted by Gasteiger charge is -1.81. The fraction of sp³-hybridized carbons (Fsp3) is 0. The molecule has 0 spiro atoms. The fourth-order valence-electron chi connectivity index (χ4n) is 0.279. The quantitative estimate of drug-likeness (QED) is 0.486. The summed E-state index contributed by atoms with van der Waals surface area (Å²) in [7, 11) is 0. The predicted octanol–water partition coefficient (Wildman–Crippen LogP) is -0.141. The third-order valence-corrected chi connectivity index (χ3v) is 0.532. The van der Waals surface area contributed by atoms with Crippen LogP contribution in [0.5, 0.6) is 0 Å². The van der Waals surface area contributed by atoms with Crippen molar-refractivity contribution in [3.63, 3.8) is 0 Å². The number of anilines is 1. The number of nitrogen functional groups attached to an aromatic ring is 1. The van der Waals surface area contributed by atoms with Crippen molar-refractivity contribution >= 4 is 5.69 Å². The lowest BCUT2D eigenvalue weighted by Crippen LogP contribution is -1.85. The van der Waals surface area contributed by atoms with Gasteiger partial charge in [0.25, 0.3) is 0 Å². The zero-order valence-electron chi connectivity index (χ0n) is 3.63. The number of nitrogens with zero attached hydrogens (tertiary/aromatic N) is 2. The summed E-state index contributed by atoms with van der Waals surface area (Å²) in [5, 5.41) is 0. The van der Waals surface area contributed by atoms with Gasteiger partial charge in [0.05, 0.1) is 11.9 Å². The van der Waals surface area contributed by atoms with Crippen molar-refractivity contribution in [2.45, 2.75) is 0 Å².